The molecule has 2 heterocycles. The summed E-state index contributed by atoms with van der Waals surface area (Å²) in [6, 6.07) is 3.44. The van der Waals surface area contributed by atoms with Crippen LogP contribution in [-0.2, 0) is 0 Å². The van der Waals surface area contributed by atoms with E-state index in [-0.39, 0.29) is 0 Å². The van der Waals surface area contributed by atoms with Crippen LogP contribution in [0.15, 0.2) is 12.1 Å². The third-order valence-electron chi connectivity index (χ3n) is 2.13. The Kier molecular flexibility index (Phi) is 2.00. The molecule has 0 unspecified atom stereocenters. The molecular weight excluding hydrogens is 171 g/mol. The zero-order chi connectivity index (χ0) is 9.26. The lowest BCUT2D eigenvalue weighted by Crippen LogP contribution is -2.21. The molecule has 0 spiro atoms. The average molecular weight is 182 g/mol. The summed E-state index contributed by atoms with van der Waals surface area (Å²) in [5, 5.41) is 7.59. The first-order chi connectivity index (χ1) is 6.25. The number of nitrogens with zero attached hydrogens (tertiary/aromatic N) is 3. The zero-order valence-electron chi connectivity index (χ0n) is 7.15. The molecule has 5 heteroatoms. The Morgan fingerprint density at radius 3 is 2.85 bits per heavy atom. The van der Waals surface area contributed by atoms with Gasteiger partial charge in [0.15, 0.2) is 5.82 Å². The molecule has 0 radical (unpaired) electrons. The molecule has 0 aromatic carbocycles. The van der Waals surface area contributed by atoms with Gasteiger partial charge in [0, 0.05) is 6.54 Å². The first-order valence-electron chi connectivity index (χ1n) is 4.24. The van der Waals surface area contributed by atoms with Crippen molar-refractivity contribution < 1.29 is 4.39 Å². The summed E-state index contributed by atoms with van der Waals surface area (Å²) >= 11 is 0. The minimum atomic E-state index is -0.737. The Morgan fingerprint density at radius 1 is 1.46 bits per heavy atom. The summed E-state index contributed by atoms with van der Waals surface area (Å²) in [6.45, 7) is 1.12. The van der Waals surface area contributed by atoms with E-state index in [1.54, 1.807) is 12.1 Å². The van der Waals surface area contributed by atoms with Gasteiger partial charge in [0.1, 0.15) is 12.0 Å². The predicted octanol–water partition coefficient (Wildman–Crippen LogP) is 0.607. The Labute approximate surface area is 75.6 Å². The molecule has 2 rings (SSSR count). The van der Waals surface area contributed by atoms with Crippen molar-refractivity contribution in [1.29, 1.82) is 0 Å². The number of nitrogen functional groups attached to an aromatic ring is 1. The van der Waals surface area contributed by atoms with Crippen molar-refractivity contribution in [3.05, 3.63) is 12.1 Å². The third kappa shape index (κ3) is 1.68. The largest absolute Gasteiger partial charge is 0.382 e. The highest BCUT2D eigenvalue weighted by Crippen LogP contribution is 2.18. The summed E-state index contributed by atoms with van der Waals surface area (Å²) in [5.74, 6) is 1.09. The van der Waals surface area contributed by atoms with Crippen molar-refractivity contribution in [3.8, 4) is 0 Å². The first kappa shape index (κ1) is 8.22. The number of hydrogen-bond donors (Lipinski definition) is 1. The molecule has 1 aromatic rings. The lowest BCUT2D eigenvalue weighted by Gasteiger charge is -2.14. The van der Waals surface area contributed by atoms with E-state index in [1.807, 2.05) is 4.90 Å². The van der Waals surface area contributed by atoms with Gasteiger partial charge >= 0.3 is 0 Å². The zero-order valence-corrected chi connectivity index (χ0v) is 7.15. The highest BCUT2D eigenvalue weighted by molar-refractivity contribution is 5.42. The van der Waals surface area contributed by atoms with Crippen LogP contribution < -0.4 is 10.6 Å². The van der Waals surface area contributed by atoms with E-state index in [0.717, 1.165) is 0 Å². The average Bonchev–Trinajstić information content (AvgIpc) is 2.53. The van der Waals surface area contributed by atoms with E-state index in [9.17, 15) is 4.39 Å². The monoisotopic (exact) mass is 182 g/mol. The van der Waals surface area contributed by atoms with Crippen molar-refractivity contribution in [3.63, 3.8) is 0 Å². The fourth-order valence-corrected chi connectivity index (χ4v) is 1.43. The van der Waals surface area contributed by atoms with Crippen LogP contribution in [-0.4, -0.2) is 29.5 Å². The molecule has 70 valence electrons. The van der Waals surface area contributed by atoms with Crippen LogP contribution in [0.4, 0.5) is 16.0 Å². The predicted molar refractivity (Wildman–Crippen MR) is 48.2 cm³/mol. The number of halogens is 1. The molecule has 0 saturated carbocycles. The molecule has 1 atom stereocenters. The van der Waals surface area contributed by atoms with Crippen LogP contribution in [0.3, 0.4) is 0 Å². The van der Waals surface area contributed by atoms with Crippen LogP contribution in [0.5, 0.6) is 0 Å². The molecule has 1 aliphatic rings. The molecule has 0 amide bonds. The maximum atomic E-state index is 12.8. The van der Waals surface area contributed by atoms with Crippen LogP contribution in [0.2, 0.25) is 0 Å². The molecule has 13 heavy (non-hydrogen) atoms. The number of alkyl halides is 1. The number of rotatable bonds is 1. The van der Waals surface area contributed by atoms with Crippen molar-refractivity contribution in [2.24, 2.45) is 0 Å². The Bertz CT molecular complexity index is 287. The summed E-state index contributed by atoms with van der Waals surface area (Å²) in [7, 11) is 0. The minimum Gasteiger partial charge on any atom is -0.382 e. The van der Waals surface area contributed by atoms with E-state index in [2.05, 4.69) is 10.2 Å². The molecule has 2 N–H and O–H groups in total. The summed E-state index contributed by atoms with van der Waals surface area (Å²) < 4.78 is 12.8. The van der Waals surface area contributed by atoms with Gasteiger partial charge in [0.2, 0.25) is 0 Å². The van der Waals surface area contributed by atoms with E-state index in [0.29, 0.717) is 31.1 Å². The minimum absolute atomic E-state index is 0.389. The van der Waals surface area contributed by atoms with E-state index >= 15 is 0 Å². The van der Waals surface area contributed by atoms with Gasteiger partial charge < -0.3 is 10.6 Å². The van der Waals surface area contributed by atoms with Crippen LogP contribution in [0.1, 0.15) is 6.42 Å². The van der Waals surface area contributed by atoms with Gasteiger partial charge in [-0.05, 0) is 18.6 Å². The van der Waals surface area contributed by atoms with Crippen molar-refractivity contribution in [2.75, 3.05) is 23.7 Å². The number of aromatic nitrogens is 2. The summed E-state index contributed by atoms with van der Waals surface area (Å²) in [4.78, 5) is 1.87. The molecule has 1 saturated heterocycles. The van der Waals surface area contributed by atoms with Crippen molar-refractivity contribution >= 4 is 11.6 Å². The number of hydrogen-bond acceptors (Lipinski definition) is 4. The van der Waals surface area contributed by atoms with Crippen LogP contribution >= 0.6 is 0 Å². The fraction of sp³-hybridized carbons (Fsp3) is 0.500. The lowest BCUT2D eigenvalue weighted by molar-refractivity contribution is 0.364. The topological polar surface area (TPSA) is 55.0 Å². The van der Waals surface area contributed by atoms with E-state index < -0.39 is 6.17 Å². The normalized spacial score (nSPS) is 22.2. The molecule has 1 aliphatic heterocycles. The molecule has 1 aromatic heterocycles. The second kappa shape index (κ2) is 3.16. The molecule has 1 fully saturated rings. The first-order valence-corrected chi connectivity index (χ1v) is 4.24. The molecular formula is C8H11FN4. The van der Waals surface area contributed by atoms with Gasteiger partial charge in [-0.3, -0.25) is 0 Å². The maximum absolute atomic E-state index is 12.8. The fourth-order valence-electron chi connectivity index (χ4n) is 1.43. The van der Waals surface area contributed by atoms with Crippen LogP contribution in [0.25, 0.3) is 0 Å². The van der Waals surface area contributed by atoms with E-state index in [1.165, 1.54) is 0 Å². The van der Waals surface area contributed by atoms with Crippen molar-refractivity contribution in [1.82, 2.24) is 10.2 Å². The lowest BCUT2D eigenvalue weighted by atomic mass is 10.3. The van der Waals surface area contributed by atoms with Gasteiger partial charge in [-0.15, -0.1) is 10.2 Å². The molecule has 4 nitrogen and oxygen atoms in total. The highest BCUT2D eigenvalue weighted by Gasteiger charge is 2.22. The third-order valence-corrected chi connectivity index (χ3v) is 2.13. The van der Waals surface area contributed by atoms with Crippen LogP contribution in [0, 0.1) is 0 Å². The molecule has 0 bridgehead atoms. The smallest absolute Gasteiger partial charge is 0.151 e. The number of anilines is 2. The standard InChI is InChI=1S/C8H11FN4/c9-6-3-4-13(5-6)8-2-1-7(10)11-12-8/h1-2,6H,3-5H2,(H2,10,11)/t6-/m0/s1. The second-order valence-corrected chi connectivity index (χ2v) is 3.15. The van der Waals surface area contributed by atoms with Gasteiger partial charge in [-0.25, -0.2) is 4.39 Å². The SMILES string of the molecule is Nc1ccc(N2CC[C@H](F)C2)nn1. The Hall–Kier alpha value is -1.39. The Morgan fingerprint density at radius 2 is 2.31 bits per heavy atom. The van der Waals surface area contributed by atoms with Gasteiger partial charge in [-0.2, -0.15) is 0 Å². The summed E-state index contributed by atoms with van der Waals surface area (Å²) in [6.07, 6.45) is -0.161. The number of nitrogens with two attached hydrogens (primary N) is 1. The summed E-state index contributed by atoms with van der Waals surface area (Å²) in [5.41, 5.74) is 5.39. The highest BCUT2D eigenvalue weighted by atomic mass is 19.1. The molecule has 0 aliphatic carbocycles. The quantitative estimate of drug-likeness (QED) is 0.691. The van der Waals surface area contributed by atoms with Crippen molar-refractivity contribution in [2.45, 2.75) is 12.6 Å². The second-order valence-electron chi connectivity index (χ2n) is 3.15. The maximum Gasteiger partial charge on any atom is 0.151 e. The Balaban J connectivity index is 2.13. The van der Waals surface area contributed by atoms with Gasteiger partial charge in [-0.1, -0.05) is 0 Å². The van der Waals surface area contributed by atoms with Gasteiger partial charge in [0.05, 0.1) is 6.54 Å². The van der Waals surface area contributed by atoms with Gasteiger partial charge in [0.25, 0.3) is 0 Å². The van der Waals surface area contributed by atoms with E-state index in [4.69, 9.17) is 5.73 Å².